The Kier molecular flexibility index (Phi) is 6.48. The summed E-state index contributed by atoms with van der Waals surface area (Å²) in [6.45, 7) is 17.6. The molecule has 0 aromatic heterocycles. The number of aliphatic hydroxyl groups is 2. The molecule has 2 N–H and O–H groups in total. The number of carbonyl (C=O) groups excluding carboxylic acids is 2. The Morgan fingerprint density at radius 2 is 1.71 bits per heavy atom. The summed E-state index contributed by atoms with van der Waals surface area (Å²) in [7, 11) is 0. The van der Waals surface area contributed by atoms with Crippen molar-refractivity contribution in [1.82, 2.24) is 0 Å². The maximum absolute atomic E-state index is 13.7. The normalized spacial score (nSPS) is 51.3. The number of aliphatic hydroxyl groups excluding tert-OH is 2. The molecule has 0 amide bonds. The first kappa shape index (κ1) is 28.1. The highest BCUT2D eigenvalue weighted by Gasteiger charge is 2.71. The number of aldehydes is 1. The number of ether oxygens (including phenoxy) is 1. The van der Waals surface area contributed by atoms with Gasteiger partial charge in [0, 0.05) is 0 Å². The van der Waals surface area contributed by atoms with Crippen molar-refractivity contribution < 1.29 is 24.5 Å². The fourth-order valence-electron chi connectivity index (χ4n) is 10.9. The lowest BCUT2D eigenvalue weighted by Gasteiger charge is -2.71. The van der Waals surface area contributed by atoms with Crippen LogP contribution in [0.3, 0.4) is 0 Å². The third kappa shape index (κ3) is 3.42. The van der Waals surface area contributed by atoms with E-state index >= 15 is 0 Å². The van der Waals surface area contributed by atoms with Crippen LogP contribution in [0, 0.1) is 50.2 Å². The standard InChI is InChI=1S/C33H50O5/c1-8-17-38-27(37)33-16-15-28(2,3)18-22(33)21-9-10-24-29(4)13-12-25(35)30(5,20-34)23(29)11-14-31(24,6)32(21,7)19-26(33)36/h8-9,20,22-26,35-36H,1,10-19H2,2-7H3/t22?,23?,24?,25-,26?,29?,30?,31?,32?,33+/m0/s1. The van der Waals surface area contributed by atoms with Gasteiger partial charge in [-0.1, -0.05) is 65.8 Å². The second-order valence-corrected chi connectivity index (χ2v) is 15.4. The number of hydrogen-bond acceptors (Lipinski definition) is 5. The molecule has 5 aliphatic carbocycles. The Labute approximate surface area is 229 Å². The van der Waals surface area contributed by atoms with E-state index in [0.717, 1.165) is 44.8 Å². The molecule has 4 fully saturated rings. The molecule has 38 heavy (non-hydrogen) atoms. The van der Waals surface area contributed by atoms with E-state index in [1.807, 2.05) is 6.92 Å². The predicted molar refractivity (Wildman–Crippen MR) is 148 cm³/mol. The molecule has 4 saturated carbocycles. The molecule has 0 saturated heterocycles. The van der Waals surface area contributed by atoms with Crippen LogP contribution in [0.4, 0.5) is 0 Å². The third-order valence-electron chi connectivity index (χ3n) is 13.3. The minimum absolute atomic E-state index is 0.0472. The van der Waals surface area contributed by atoms with Gasteiger partial charge in [-0.25, -0.2) is 0 Å². The van der Waals surface area contributed by atoms with Crippen LogP contribution in [0.25, 0.3) is 0 Å². The Morgan fingerprint density at radius 1 is 1.00 bits per heavy atom. The van der Waals surface area contributed by atoms with E-state index in [-0.39, 0.29) is 46.1 Å². The van der Waals surface area contributed by atoms with E-state index in [0.29, 0.717) is 25.2 Å². The van der Waals surface area contributed by atoms with Crippen molar-refractivity contribution in [2.24, 2.45) is 50.2 Å². The molecule has 0 heterocycles. The minimum Gasteiger partial charge on any atom is -0.461 e. The summed E-state index contributed by atoms with van der Waals surface area (Å²) in [4.78, 5) is 26.1. The van der Waals surface area contributed by atoms with Crippen molar-refractivity contribution >= 4 is 12.3 Å². The van der Waals surface area contributed by atoms with E-state index in [4.69, 9.17) is 4.74 Å². The molecule has 0 aromatic carbocycles. The maximum atomic E-state index is 13.7. The average molecular weight is 527 g/mol. The van der Waals surface area contributed by atoms with Crippen molar-refractivity contribution in [3.8, 4) is 0 Å². The van der Waals surface area contributed by atoms with Crippen molar-refractivity contribution in [2.75, 3.05) is 6.61 Å². The number of allylic oxidation sites excluding steroid dienone is 2. The summed E-state index contributed by atoms with van der Waals surface area (Å²) in [6, 6.07) is 0. The zero-order valence-electron chi connectivity index (χ0n) is 24.5. The second-order valence-electron chi connectivity index (χ2n) is 15.4. The Balaban J connectivity index is 1.61. The Morgan fingerprint density at radius 3 is 2.37 bits per heavy atom. The zero-order chi connectivity index (χ0) is 27.9. The highest BCUT2D eigenvalue weighted by molar-refractivity contribution is 5.80. The Bertz CT molecular complexity index is 1050. The van der Waals surface area contributed by atoms with Gasteiger partial charge in [0.05, 0.1) is 17.6 Å². The van der Waals surface area contributed by atoms with Crippen LogP contribution in [0.5, 0.6) is 0 Å². The molecule has 5 nitrogen and oxygen atoms in total. The monoisotopic (exact) mass is 526 g/mol. The smallest absolute Gasteiger partial charge is 0.315 e. The summed E-state index contributed by atoms with van der Waals surface area (Å²) >= 11 is 0. The van der Waals surface area contributed by atoms with Crippen molar-refractivity contribution in [3.63, 3.8) is 0 Å². The molecule has 0 bridgehead atoms. The van der Waals surface area contributed by atoms with E-state index in [1.54, 1.807) is 6.08 Å². The summed E-state index contributed by atoms with van der Waals surface area (Å²) in [5.74, 6) is 0.176. The maximum Gasteiger partial charge on any atom is 0.315 e. The topological polar surface area (TPSA) is 83.8 Å². The van der Waals surface area contributed by atoms with Gasteiger partial charge in [-0.3, -0.25) is 4.79 Å². The van der Waals surface area contributed by atoms with Gasteiger partial charge in [-0.05, 0) is 97.2 Å². The molecule has 10 atom stereocenters. The van der Waals surface area contributed by atoms with E-state index in [9.17, 15) is 19.8 Å². The number of carbonyl (C=O) groups is 2. The van der Waals surface area contributed by atoms with Gasteiger partial charge < -0.3 is 19.7 Å². The van der Waals surface area contributed by atoms with Crippen LogP contribution in [-0.4, -0.2) is 41.3 Å². The summed E-state index contributed by atoms with van der Waals surface area (Å²) in [5.41, 5.74) is -0.576. The van der Waals surface area contributed by atoms with Gasteiger partial charge in [0.1, 0.15) is 18.3 Å². The predicted octanol–water partition coefficient (Wildman–Crippen LogP) is 6.03. The second kappa shape index (κ2) is 8.77. The average Bonchev–Trinajstić information content (AvgIpc) is 2.85. The number of rotatable bonds is 4. The molecule has 0 radical (unpaired) electrons. The van der Waals surface area contributed by atoms with Crippen LogP contribution in [0.1, 0.15) is 99.3 Å². The molecule has 0 aliphatic heterocycles. The third-order valence-corrected chi connectivity index (χ3v) is 13.3. The van der Waals surface area contributed by atoms with E-state index in [1.165, 1.54) is 5.57 Å². The van der Waals surface area contributed by atoms with Crippen LogP contribution in [-0.2, 0) is 14.3 Å². The minimum atomic E-state index is -0.904. The van der Waals surface area contributed by atoms with Crippen molar-refractivity contribution in [2.45, 2.75) is 112 Å². The highest BCUT2D eigenvalue weighted by atomic mass is 16.5. The molecular weight excluding hydrogens is 476 g/mol. The lowest BCUT2D eigenvalue weighted by molar-refractivity contribution is -0.218. The summed E-state index contributed by atoms with van der Waals surface area (Å²) in [6.07, 6.45) is 11.0. The molecule has 5 aliphatic rings. The first-order valence-electron chi connectivity index (χ1n) is 15.0. The molecule has 8 unspecified atom stereocenters. The first-order valence-corrected chi connectivity index (χ1v) is 15.0. The summed E-state index contributed by atoms with van der Waals surface area (Å²) in [5, 5.41) is 22.9. The van der Waals surface area contributed by atoms with Gasteiger partial charge in [-0.15, -0.1) is 0 Å². The van der Waals surface area contributed by atoms with Crippen LogP contribution < -0.4 is 0 Å². The summed E-state index contributed by atoms with van der Waals surface area (Å²) < 4.78 is 5.70. The quantitative estimate of drug-likeness (QED) is 0.266. The molecule has 0 aromatic rings. The van der Waals surface area contributed by atoms with Gasteiger partial charge >= 0.3 is 5.97 Å². The number of esters is 1. The molecular formula is C33H50O5. The Hall–Kier alpha value is -1.46. The zero-order valence-corrected chi connectivity index (χ0v) is 24.5. The van der Waals surface area contributed by atoms with Crippen LogP contribution in [0.2, 0.25) is 0 Å². The van der Waals surface area contributed by atoms with Crippen LogP contribution in [0.15, 0.2) is 24.3 Å². The molecule has 0 spiro atoms. The van der Waals surface area contributed by atoms with Gasteiger partial charge in [0.25, 0.3) is 0 Å². The van der Waals surface area contributed by atoms with E-state index in [2.05, 4.69) is 47.3 Å². The molecule has 212 valence electrons. The van der Waals surface area contributed by atoms with Gasteiger partial charge in [-0.2, -0.15) is 0 Å². The SMILES string of the molecule is C=CCOC(=O)[C@]12CCC(C)(C)CC1C1=CCC3C4(C)CC[C@H](O)C(C)(C=O)C4CCC3(C)C1(C)CC2O. The largest absolute Gasteiger partial charge is 0.461 e. The van der Waals surface area contributed by atoms with E-state index < -0.39 is 23.0 Å². The fraction of sp³-hybridized carbons (Fsp3) is 0.818. The van der Waals surface area contributed by atoms with Crippen molar-refractivity contribution in [3.05, 3.63) is 24.3 Å². The number of fused-ring (bicyclic) bond motifs is 7. The number of hydrogen-bond donors (Lipinski definition) is 2. The van der Waals surface area contributed by atoms with Gasteiger partial charge in [0.15, 0.2) is 0 Å². The van der Waals surface area contributed by atoms with Gasteiger partial charge in [0.2, 0.25) is 0 Å². The molecule has 5 heteroatoms. The fourth-order valence-corrected chi connectivity index (χ4v) is 10.9. The molecule has 5 rings (SSSR count). The van der Waals surface area contributed by atoms with Crippen molar-refractivity contribution in [1.29, 1.82) is 0 Å². The highest BCUT2D eigenvalue weighted by Crippen LogP contribution is 2.75. The first-order chi connectivity index (χ1) is 17.7. The lowest BCUT2D eigenvalue weighted by atomic mass is 9.33. The van der Waals surface area contributed by atoms with Crippen LogP contribution >= 0.6 is 0 Å². The lowest BCUT2D eigenvalue weighted by Crippen LogP contribution is -2.68.